The van der Waals surface area contributed by atoms with Crippen LogP contribution in [0.2, 0.25) is 0 Å². The first-order chi connectivity index (χ1) is 12.0. The fourth-order valence-electron chi connectivity index (χ4n) is 2.37. The highest BCUT2D eigenvalue weighted by atomic mass is 35.5. The van der Waals surface area contributed by atoms with Crippen molar-refractivity contribution in [3.63, 3.8) is 0 Å². The zero-order chi connectivity index (χ0) is 18.0. The van der Waals surface area contributed by atoms with E-state index in [0.29, 0.717) is 24.0 Å². The predicted octanol–water partition coefficient (Wildman–Crippen LogP) is 4.79. The molecule has 0 radical (unpaired) electrons. The Labute approximate surface area is 149 Å². The minimum absolute atomic E-state index is 0.0704. The van der Waals surface area contributed by atoms with Gasteiger partial charge < -0.3 is 18.7 Å². The van der Waals surface area contributed by atoms with E-state index in [2.05, 4.69) is 10.2 Å². The van der Waals surface area contributed by atoms with E-state index >= 15 is 0 Å². The van der Waals surface area contributed by atoms with Gasteiger partial charge in [0.25, 0.3) is 11.8 Å². The van der Waals surface area contributed by atoms with Crippen molar-refractivity contribution in [2.24, 2.45) is 0 Å². The van der Waals surface area contributed by atoms with Gasteiger partial charge in [-0.3, -0.25) is 0 Å². The second-order valence-electron chi connectivity index (χ2n) is 5.39. The smallest absolute Gasteiger partial charge is 0.259 e. The van der Waals surface area contributed by atoms with Crippen molar-refractivity contribution >= 4 is 22.7 Å². The van der Waals surface area contributed by atoms with Crippen LogP contribution in [0.5, 0.6) is 11.5 Å². The second kappa shape index (κ2) is 7.03. The van der Waals surface area contributed by atoms with Gasteiger partial charge in [-0.25, -0.2) is 0 Å². The molecule has 1 aromatic carbocycles. The molecule has 6 nitrogen and oxygen atoms in total. The number of benzene rings is 1. The third-order valence-corrected chi connectivity index (χ3v) is 3.75. The molecule has 0 aliphatic carbocycles. The van der Waals surface area contributed by atoms with Crippen molar-refractivity contribution in [3.8, 4) is 23.0 Å². The minimum Gasteiger partial charge on any atom is -0.504 e. The number of aryl methyl sites for hydroxylation is 2. The lowest BCUT2D eigenvalue weighted by atomic mass is 10.2. The summed E-state index contributed by atoms with van der Waals surface area (Å²) in [7, 11) is 0. The van der Waals surface area contributed by atoms with Crippen LogP contribution in [0.15, 0.2) is 33.1 Å². The van der Waals surface area contributed by atoms with Gasteiger partial charge in [-0.2, -0.15) is 0 Å². The highest BCUT2D eigenvalue weighted by molar-refractivity contribution is 6.50. The maximum Gasteiger partial charge on any atom is 0.259 e. The van der Waals surface area contributed by atoms with Gasteiger partial charge in [-0.1, -0.05) is 17.7 Å². The topological polar surface area (TPSA) is 81.5 Å². The minimum atomic E-state index is 0.0704. The summed E-state index contributed by atoms with van der Waals surface area (Å²) >= 11 is 6.29. The van der Waals surface area contributed by atoms with E-state index in [-0.39, 0.29) is 16.7 Å². The van der Waals surface area contributed by atoms with Crippen LogP contribution in [0, 0.1) is 13.8 Å². The molecule has 0 saturated carbocycles. The van der Waals surface area contributed by atoms with Crippen molar-refractivity contribution in [2.75, 3.05) is 6.61 Å². The number of hydrogen-bond acceptors (Lipinski definition) is 6. The Morgan fingerprint density at radius 3 is 2.72 bits per heavy atom. The van der Waals surface area contributed by atoms with Crippen LogP contribution in [0.25, 0.3) is 22.6 Å². The largest absolute Gasteiger partial charge is 0.504 e. The summed E-state index contributed by atoms with van der Waals surface area (Å²) in [5, 5.41) is 18.0. The van der Waals surface area contributed by atoms with Crippen LogP contribution >= 0.6 is 11.6 Å². The molecule has 3 aromatic rings. The number of ether oxygens (including phenoxy) is 1. The Bertz CT molecular complexity index is 927. The highest BCUT2D eigenvalue weighted by Crippen LogP contribution is 2.31. The monoisotopic (exact) mass is 360 g/mol. The standard InChI is InChI=1S/C18H17ClN2O4/c1-4-23-16-9-12(5-6-15(16)22)8-14(19)18-21-20-17(25-18)13-7-10(2)24-11(13)3/h5-9,22H,4H2,1-3H3/b14-8-. The lowest BCUT2D eigenvalue weighted by molar-refractivity contribution is 0.318. The van der Waals surface area contributed by atoms with Gasteiger partial charge in [0.15, 0.2) is 11.5 Å². The summed E-state index contributed by atoms with van der Waals surface area (Å²) < 4.78 is 16.5. The number of nitrogens with zero attached hydrogens (tertiary/aromatic N) is 2. The number of aromatic nitrogens is 2. The third kappa shape index (κ3) is 3.69. The number of rotatable bonds is 5. The fourth-order valence-corrected chi connectivity index (χ4v) is 2.57. The Kier molecular flexibility index (Phi) is 4.81. The molecule has 130 valence electrons. The maximum atomic E-state index is 9.75. The highest BCUT2D eigenvalue weighted by Gasteiger charge is 2.16. The van der Waals surface area contributed by atoms with Crippen LogP contribution in [0.1, 0.15) is 29.9 Å². The number of hydrogen-bond donors (Lipinski definition) is 1. The van der Waals surface area contributed by atoms with Gasteiger partial charge in [-0.15, -0.1) is 10.2 Å². The molecule has 2 heterocycles. The van der Waals surface area contributed by atoms with Crippen molar-refractivity contribution in [2.45, 2.75) is 20.8 Å². The van der Waals surface area contributed by atoms with Crippen molar-refractivity contribution < 1.29 is 18.7 Å². The Morgan fingerprint density at radius 2 is 2.04 bits per heavy atom. The van der Waals surface area contributed by atoms with Crippen LogP contribution in [-0.4, -0.2) is 21.9 Å². The summed E-state index contributed by atoms with van der Waals surface area (Å²) in [5.41, 5.74) is 1.48. The van der Waals surface area contributed by atoms with Gasteiger partial charge in [-0.05, 0) is 50.6 Å². The fraction of sp³-hybridized carbons (Fsp3) is 0.222. The average molecular weight is 361 g/mol. The molecule has 1 N–H and O–H groups in total. The first kappa shape index (κ1) is 17.1. The zero-order valence-corrected chi connectivity index (χ0v) is 14.8. The van der Waals surface area contributed by atoms with Crippen LogP contribution in [-0.2, 0) is 0 Å². The van der Waals surface area contributed by atoms with E-state index in [9.17, 15) is 5.11 Å². The number of halogens is 1. The normalized spacial score (nSPS) is 11.8. The van der Waals surface area contributed by atoms with Crippen LogP contribution in [0.3, 0.4) is 0 Å². The van der Waals surface area contributed by atoms with Crippen molar-refractivity contribution in [3.05, 3.63) is 47.2 Å². The number of aromatic hydroxyl groups is 1. The molecule has 2 aromatic heterocycles. The van der Waals surface area contributed by atoms with Crippen molar-refractivity contribution in [1.29, 1.82) is 0 Å². The summed E-state index contributed by atoms with van der Waals surface area (Å²) in [6, 6.07) is 6.76. The number of phenols is 1. The third-order valence-electron chi connectivity index (χ3n) is 3.48. The van der Waals surface area contributed by atoms with E-state index in [0.717, 1.165) is 16.9 Å². The van der Waals surface area contributed by atoms with E-state index in [1.165, 1.54) is 6.07 Å². The van der Waals surface area contributed by atoms with E-state index in [1.807, 2.05) is 26.8 Å². The first-order valence-electron chi connectivity index (χ1n) is 7.72. The van der Waals surface area contributed by atoms with Gasteiger partial charge in [0.2, 0.25) is 0 Å². The van der Waals surface area contributed by atoms with Gasteiger partial charge in [0, 0.05) is 0 Å². The maximum absolute atomic E-state index is 9.75. The van der Waals surface area contributed by atoms with E-state index < -0.39 is 0 Å². The molecule has 0 atom stereocenters. The number of phenolic OH excluding ortho intramolecular Hbond substituents is 1. The molecule has 0 spiro atoms. The SMILES string of the molecule is CCOc1cc(/C=C(\Cl)c2nnc(-c3cc(C)oc3C)o2)ccc1O. The molecule has 0 amide bonds. The van der Waals surface area contributed by atoms with Gasteiger partial charge in [0.1, 0.15) is 16.6 Å². The summed E-state index contributed by atoms with van der Waals surface area (Å²) in [6.07, 6.45) is 1.66. The van der Waals surface area contributed by atoms with E-state index in [1.54, 1.807) is 18.2 Å². The Morgan fingerprint density at radius 1 is 1.24 bits per heavy atom. The number of furan rings is 1. The quantitative estimate of drug-likeness (QED) is 0.704. The molecule has 0 aliphatic rings. The average Bonchev–Trinajstić information content (AvgIpc) is 3.17. The van der Waals surface area contributed by atoms with Gasteiger partial charge >= 0.3 is 0 Å². The molecular formula is C18H17ClN2O4. The summed E-state index contributed by atoms with van der Waals surface area (Å²) in [4.78, 5) is 0. The van der Waals surface area contributed by atoms with Crippen LogP contribution < -0.4 is 4.74 Å². The molecule has 25 heavy (non-hydrogen) atoms. The summed E-state index contributed by atoms with van der Waals surface area (Å²) in [6.45, 7) is 5.97. The lowest BCUT2D eigenvalue weighted by Crippen LogP contribution is -1.92. The molecule has 3 rings (SSSR count). The first-order valence-corrected chi connectivity index (χ1v) is 8.10. The molecular weight excluding hydrogens is 344 g/mol. The Balaban J connectivity index is 1.88. The molecule has 0 bridgehead atoms. The van der Waals surface area contributed by atoms with Crippen LogP contribution in [0.4, 0.5) is 0 Å². The second-order valence-corrected chi connectivity index (χ2v) is 5.80. The van der Waals surface area contributed by atoms with Gasteiger partial charge in [0.05, 0.1) is 12.2 Å². The van der Waals surface area contributed by atoms with E-state index in [4.69, 9.17) is 25.2 Å². The van der Waals surface area contributed by atoms with Crippen molar-refractivity contribution in [1.82, 2.24) is 10.2 Å². The Hall–Kier alpha value is -2.73. The predicted molar refractivity (Wildman–Crippen MR) is 94.5 cm³/mol. The molecule has 0 aliphatic heterocycles. The molecule has 7 heteroatoms. The lowest BCUT2D eigenvalue weighted by Gasteiger charge is -2.06. The molecule has 0 fully saturated rings. The zero-order valence-electron chi connectivity index (χ0n) is 14.0. The molecule has 0 saturated heterocycles. The molecule has 0 unspecified atom stereocenters. The summed E-state index contributed by atoms with van der Waals surface area (Å²) in [5.74, 6) is 2.46.